The lowest BCUT2D eigenvalue weighted by Gasteiger charge is -2.31. The number of piperidine rings is 1. The minimum absolute atomic E-state index is 0.225. The lowest BCUT2D eigenvalue weighted by Crippen LogP contribution is -2.42. The Morgan fingerprint density at radius 1 is 1.14 bits per heavy atom. The summed E-state index contributed by atoms with van der Waals surface area (Å²) < 4.78 is 9.74. The van der Waals surface area contributed by atoms with Crippen molar-refractivity contribution in [2.24, 2.45) is 0 Å². The second-order valence-electron chi connectivity index (χ2n) is 6.59. The average molecular weight is 399 g/mol. The summed E-state index contributed by atoms with van der Waals surface area (Å²) in [6, 6.07) is 8.99. The van der Waals surface area contributed by atoms with Crippen LogP contribution in [0.4, 0.5) is 22.1 Å². The lowest BCUT2D eigenvalue weighted by atomic mass is 10.1. The number of likely N-dealkylation sites (tertiary alicyclic amines) is 1. The molecule has 1 aromatic heterocycles. The molecule has 0 spiro atoms. The van der Waals surface area contributed by atoms with Crippen LogP contribution in [0.5, 0.6) is 0 Å². The molecule has 2 heterocycles. The maximum Gasteiger partial charge on any atom is 0.409 e. The predicted octanol–water partition coefficient (Wildman–Crippen LogP) is 3.04. The van der Waals surface area contributed by atoms with Crippen molar-refractivity contribution in [3.8, 4) is 0 Å². The van der Waals surface area contributed by atoms with Gasteiger partial charge in [-0.3, -0.25) is 0 Å². The van der Waals surface area contributed by atoms with Crippen molar-refractivity contribution in [1.29, 1.82) is 0 Å². The molecular formula is C20H25N5O4. The number of ether oxygens (including phenoxy) is 2. The Bertz CT molecular complexity index is 835. The molecule has 2 N–H and O–H groups in total. The Morgan fingerprint density at radius 3 is 2.48 bits per heavy atom. The first-order valence-electron chi connectivity index (χ1n) is 9.54. The summed E-state index contributed by atoms with van der Waals surface area (Å²) in [7, 11) is 1.35. The van der Waals surface area contributed by atoms with Crippen LogP contribution in [0.15, 0.2) is 36.7 Å². The smallest absolute Gasteiger partial charge is 0.409 e. The molecule has 2 aromatic rings. The standard InChI is InChI=1S/C20H25N5O4/c1-3-29-20(27)25-10-8-16(9-11-25)24-18-12-17(21-13-22-18)23-15-6-4-14(5-7-15)19(26)28-2/h4-7,12-13,16H,3,8-11H2,1-2H3,(H2,21,22,23,24). The molecular weight excluding hydrogens is 374 g/mol. The summed E-state index contributed by atoms with van der Waals surface area (Å²) in [6.45, 7) is 3.50. The minimum atomic E-state index is -0.376. The second kappa shape index (κ2) is 9.72. The molecule has 1 aliphatic heterocycles. The molecule has 1 aromatic carbocycles. The van der Waals surface area contributed by atoms with Crippen LogP contribution in [0.3, 0.4) is 0 Å². The highest BCUT2D eigenvalue weighted by atomic mass is 16.6. The topological polar surface area (TPSA) is 106 Å². The number of nitrogens with zero attached hydrogens (tertiary/aromatic N) is 3. The summed E-state index contributed by atoms with van der Waals surface area (Å²) in [4.78, 5) is 33.5. The zero-order chi connectivity index (χ0) is 20.6. The van der Waals surface area contributed by atoms with Crippen molar-refractivity contribution in [2.75, 3.05) is 37.4 Å². The molecule has 0 saturated carbocycles. The van der Waals surface area contributed by atoms with E-state index < -0.39 is 0 Å². The molecule has 1 amide bonds. The summed E-state index contributed by atoms with van der Waals surface area (Å²) in [5, 5.41) is 6.59. The third kappa shape index (κ3) is 5.56. The van der Waals surface area contributed by atoms with Gasteiger partial charge in [-0.2, -0.15) is 0 Å². The number of benzene rings is 1. The van der Waals surface area contributed by atoms with Gasteiger partial charge in [-0.1, -0.05) is 0 Å². The van der Waals surface area contributed by atoms with E-state index in [1.807, 2.05) is 6.07 Å². The number of amides is 1. The second-order valence-corrected chi connectivity index (χ2v) is 6.59. The van der Waals surface area contributed by atoms with Crippen LogP contribution in [0.25, 0.3) is 0 Å². The number of hydrogen-bond donors (Lipinski definition) is 2. The van der Waals surface area contributed by atoms with E-state index in [4.69, 9.17) is 9.47 Å². The van der Waals surface area contributed by atoms with Gasteiger partial charge in [0.25, 0.3) is 0 Å². The highest BCUT2D eigenvalue weighted by molar-refractivity contribution is 5.89. The molecule has 0 aliphatic carbocycles. The molecule has 0 bridgehead atoms. The van der Waals surface area contributed by atoms with Crippen molar-refractivity contribution >= 4 is 29.4 Å². The highest BCUT2D eigenvalue weighted by Gasteiger charge is 2.23. The lowest BCUT2D eigenvalue weighted by molar-refractivity contribution is 0.0600. The van der Waals surface area contributed by atoms with Gasteiger partial charge in [0.05, 0.1) is 19.3 Å². The molecule has 3 rings (SSSR count). The predicted molar refractivity (Wildman–Crippen MR) is 108 cm³/mol. The molecule has 0 unspecified atom stereocenters. The third-order valence-electron chi connectivity index (χ3n) is 4.62. The molecule has 9 nitrogen and oxygen atoms in total. The van der Waals surface area contributed by atoms with E-state index in [0.29, 0.717) is 36.9 Å². The Balaban J connectivity index is 1.55. The maximum absolute atomic E-state index is 11.8. The van der Waals surface area contributed by atoms with Crippen molar-refractivity contribution in [1.82, 2.24) is 14.9 Å². The number of anilines is 3. The normalized spacial score (nSPS) is 14.2. The van der Waals surface area contributed by atoms with E-state index >= 15 is 0 Å². The van der Waals surface area contributed by atoms with Gasteiger partial charge in [0.1, 0.15) is 18.0 Å². The van der Waals surface area contributed by atoms with E-state index in [1.54, 1.807) is 36.1 Å². The molecule has 0 radical (unpaired) electrons. The fourth-order valence-corrected chi connectivity index (χ4v) is 3.09. The van der Waals surface area contributed by atoms with Crippen molar-refractivity contribution in [2.45, 2.75) is 25.8 Å². The Morgan fingerprint density at radius 2 is 1.83 bits per heavy atom. The first-order chi connectivity index (χ1) is 14.1. The van der Waals surface area contributed by atoms with Gasteiger partial charge in [-0.05, 0) is 44.0 Å². The van der Waals surface area contributed by atoms with Gasteiger partial charge in [0, 0.05) is 30.9 Å². The molecule has 9 heteroatoms. The number of nitrogens with one attached hydrogen (secondary N) is 2. The number of hydrogen-bond acceptors (Lipinski definition) is 8. The van der Waals surface area contributed by atoms with Gasteiger partial charge in [0.2, 0.25) is 0 Å². The van der Waals surface area contributed by atoms with E-state index in [9.17, 15) is 9.59 Å². The number of esters is 1. The van der Waals surface area contributed by atoms with Crippen LogP contribution in [0.1, 0.15) is 30.1 Å². The van der Waals surface area contributed by atoms with E-state index in [1.165, 1.54) is 13.4 Å². The van der Waals surface area contributed by atoms with Crippen LogP contribution in [-0.4, -0.2) is 59.8 Å². The van der Waals surface area contributed by atoms with Crippen molar-refractivity contribution in [3.63, 3.8) is 0 Å². The van der Waals surface area contributed by atoms with Crippen molar-refractivity contribution < 1.29 is 19.1 Å². The number of rotatable bonds is 6. The summed E-state index contributed by atoms with van der Waals surface area (Å²) >= 11 is 0. The summed E-state index contributed by atoms with van der Waals surface area (Å²) in [5.74, 6) is 0.972. The van der Waals surface area contributed by atoms with Crippen molar-refractivity contribution in [3.05, 3.63) is 42.2 Å². The molecule has 1 fully saturated rings. The summed E-state index contributed by atoms with van der Waals surface area (Å²) in [6.07, 6.45) is 2.88. The molecule has 29 heavy (non-hydrogen) atoms. The van der Waals surface area contributed by atoms with E-state index in [-0.39, 0.29) is 18.1 Å². The number of carbonyl (C=O) groups excluding carboxylic acids is 2. The largest absolute Gasteiger partial charge is 0.465 e. The SMILES string of the molecule is CCOC(=O)N1CCC(Nc2cc(Nc3ccc(C(=O)OC)cc3)ncn2)CC1. The molecule has 154 valence electrons. The number of carbonyl (C=O) groups is 2. The molecule has 1 aliphatic rings. The monoisotopic (exact) mass is 399 g/mol. The fraction of sp³-hybridized carbons (Fsp3) is 0.400. The van der Waals surface area contributed by atoms with Gasteiger partial charge < -0.3 is 25.0 Å². The molecule has 0 atom stereocenters. The highest BCUT2D eigenvalue weighted by Crippen LogP contribution is 2.20. The third-order valence-corrected chi connectivity index (χ3v) is 4.62. The Hall–Kier alpha value is -3.36. The first-order valence-corrected chi connectivity index (χ1v) is 9.54. The van der Waals surface area contributed by atoms with Gasteiger partial charge in [0.15, 0.2) is 0 Å². The van der Waals surface area contributed by atoms with Crippen LogP contribution in [0, 0.1) is 0 Å². The van der Waals surface area contributed by atoms with Gasteiger partial charge in [-0.25, -0.2) is 19.6 Å². The van der Waals surface area contributed by atoms with E-state index in [2.05, 4.69) is 20.6 Å². The Labute approximate surface area is 169 Å². The fourth-order valence-electron chi connectivity index (χ4n) is 3.09. The van der Waals surface area contributed by atoms with Crippen LogP contribution in [-0.2, 0) is 9.47 Å². The van der Waals surface area contributed by atoms with Crippen LogP contribution in [0.2, 0.25) is 0 Å². The number of aromatic nitrogens is 2. The molecule has 1 saturated heterocycles. The van der Waals surface area contributed by atoms with Gasteiger partial charge in [-0.15, -0.1) is 0 Å². The minimum Gasteiger partial charge on any atom is -0.465 e. The van der Waals surface area contributed by atoms with E-state index in [0.717, 1.165) is 18.5 Å². The Kier molecular flexibility index (Phi) is 6.83. The summed E-state index contributed by atoms with van der Waals surface area (Å²) in [5.41, 5.74) is 1.28. The zero-order valence-corrected chi connectivity index (χ0v) is 16.6. The quantitative estimate of drug-likeness (QED) is 0.714. The van der Waals surface area contributed by atoms with Crippen LogP contribution >= 0.6 is 0 Å². The average Bonchev–Trinajstić information content (AvgIpc) is 2.75. The number of methoxy groups -OCH3 is 1. The maximum atomic E-state index is 11.8. The first kappa shape index (κ1) is 20.4. The zero-order valence-electron chi connectivity index (χ0n) is 16.6. The van der Waals surface area contributed by atoms with Crippen LogP contribution < -0.4 is 10.6 Å². The van der Waals surface area contributed by atoms with Gasteiger partial charge >= 0.3 is 12.1 Å².